The second-order valence-corrected chi connectivity index (χ2v) is 6.07. The van der Waals surface area contributed by atoms with Gasteiger partial charge >= 0.3 is 6.03 Å². The van der Waals surface area contributed by atoms with E-state index in [4.69, 9.17) is 39.5 Å². The Hall–Kier alpha value is -0.840. The van der Waals surface area contributed by atoms with Crippen LogP contribution in [0.4, 0.5) is 4.79 Å². The summed E-state index contributed by atoms with van der Waals surface area (Å²) in [5, 5.41) is 2.47. The van der Waals surface area contributed by atoms with Gasteiger partial charge in [0.2, 0.25) is 10.0 Å². The molecular weight excluding hydrogens is 298 g/mol. The second-order valence-electron chi connectivity index (χ2n) is 3.70. The zero-order valence-electron chi connectivity index (χ0n) is 9.86. The molecule has 0 saturated heterocycles. The van der Waals surface area contributed by atoms with Crippen molar-refractivity contribution in [2.75, 3.05) is 14.1 Å². The van der Waals surface area contributed by atoms with Gasteiger partial charge in [-0.05, 0) is 12.1 Å². The van der Waals surface area contributed by atoms with Crippen molar-refractivity contribution in [3.05, 3.63) is 30.3 Å². The summed E-state index contributed by atoms with van der Waals surface area (Å²) in [5.41, 5.74) is 0. The van der Waals surface area contributed by atoms with Crippen LogP contribution in [-0.4, -0.2) is 35.0 Å². The quantitative estimate of drug-likeness (QED) is 0.688. The number of hydrogen-bond donors (Lipinski definition) is 1. The molecule has 0 saturated carbocycles. The second kappa shape index (κ2) is 6.36. The Bertz CT molecular complexity index is 393. The van der Waals surface area contributed by atoms with E-state index in [1.807, 2.05) is 6.07 Å². The van der Waals surface area contributed by atoms with Crippen LogP contribution in [0.5, 0.6) is 5.75 Å². The summed E-state index contributed by atoms with van der Waals surface area (Å²) >= 11 is 17.3. The average Bonchev–Trinajstić information content (AvgIpc) is 2.28. The number of carbonyl (C=O) groups excluding carboxylic acids is 1. The van der Waals surface area contributed by atoms with Crippen molar-refractivity contribution in [2.45, 2.75) is 10.0 Å². The third kappa shape index (κ3) is 4.80. The molecule has 1 unspecified atom stereocenters. The molecule has 1 atom stereocenters. The van der Waals surface area contributed by atoms with Crippen LogP contribution in [0.25, 0.3) is 0 Å². The molecule has 2 amide bonds. The van der Waals surface area contributed by atoms with Gasteiger partial charge in [-0.2, -0.15) is 0 Å². The van der Waals surface area contributed by atoms with E-state index in [2.05, 4.69) is 5.32 Å². The first-order valence-electron chi connectivity index (χ1n) is 5.07. The minimum Gasteiger partial charge on any atom is -0.466 e. The summed E-state index contributed by atoms with van der Waals surface area (Å²) in [7, 11) is 3.15. The van der Waals surface area contributed by atoms with Gasteiger partial charge in [-0.1, -0.05) is 53.0 Å². The van der Waals surface area contributed by atoms with Gasteiger partial charge < -0.3 is 9.64 Å². The predicted octanol–water partition coefficient (Wildman–Crippen LogP) is 3.03. The summed E-state index contributed by atoms with van der Waals surface area (Å²) in [6, 6.07) is 8.37. The van der Waals surface area contributed by atoms with Gasteiger partial charge in [-0.3, -0.25) is 5.32 Å². The summed E-state index contributed by atoms with van der Waals surface area (Å²) < 4.78 is 3.67. The number of nitrogens with one attached hydrogen (secondary N) is 1. The van der Waals surface area contributed by atoms with Gasteiger partial charge in [0.05, 0.1) is 0 Å². The van der Waals surface area contributed by atoms with E-state index in [0.717, 1.165) is 0 Å². The van der Waals surface area contributed by atoms with Crippen LogP contribution in [0.3, 0.4) is 0 Å². The molecule has 0 heterocycles. The zero-order valence-corrected chi connectivity index (χ0v) is 12.1. The van der Waals surface area contributed by atoms with Gasteiger partial charge in [0.15, 0.2) is 0 Å². The fraction of sp³-hybridized carbons (Fsp3) is 0.364. The van der Waals surface area contributed by atoms with Crippen LogP contribution in [0.2, 0.25) is 0 Å². The topological polar surface area (TPSA) is 41.6 Å². The van der Waals surface area contributed by atoms with E-state index >= 15 is 0 Å². The molecular formula is C11H13Cl3N2O2. The van der Waals surface area contributed by atoms with Crippen LogP contribution in [0, 0.1) is 0 Å². The molecule has 1 aromatic carbocycles. The number of urea groups is 1. The number of halogens is 3. The Balaban J connectivity index is 2.77. The van der Waals surface area contributed by atoms with Crippen molar-refractivity contribution in [2.24, 2.45) is 0 Å². The fourth-order valence-corrected chi connectivity index (χ4v) is 1.35. The van der Waals surface area contributed by atoms with Gasteiger partial charge in [-0.15, -0.1) is 0 Å². The third-order valence-corrected chi connectivity index (χ3v) is 2.55. The molecule has 1 aromatic rings. The molecule has 0 aliphatic heterocycles. The molecule has 18 heavy (non-hydrogen) atoms. The SMILES string of the molecule is CN(C)C(=O)NC(Oc1ccccc1)C(Cl)(Cl)Cl. The van der Waals surface area contributed by atoms with Crippen molar-refractivity contribution in [3.8, 4) is 5.75 Å². The first-order valence-corrected chi connectivity index (χ1v) is 6.20. The van der Waals surface area contributed by atoms with Crippen LogP contribution in [-0.2, 0) is 0 Å². The van der Waals surface area contributed by atoms with E-state index < -0.39 is 16.1 Å². The predicted molar refractivity (Wildman–Crippen MR) is 73.4 cm³/mol. The lowest BCUT2D eigenvalue weighted by molar-refractivity contribution is 0.154. The first kappa shape index (κ1) is 15.2. The molecule has 1 N–H and O–H groups in total. The molecule has 0 radical (unpaired) electrons. The Labute approximate surface area is 121 Å². The Morgan fingerprint density at radius 1 is 1.28 bits per heavy atom. The van der Waals surface area contributed by atoms with Crippen molar-refractivity contribution in [3.63, 3.8) is 0 Å². The van der Waals surface area contributed by atoms with Crippen molar-refractivity contribution in [1.29, 1.82) is 0 Å². The maximum absolute atomic E-state index is 11.5. The number of rotatable bonds is 3. The summed E-state index contributed by atoms with van der Waals surface area (Å²) in [6.45, 7) is 0. The summed E-state index contributed by atoms with van der Waals surface area (Å²) in [5.74, 6) is 0.493. The molecule has 0 fully saturated rings. The van der Waals surface area contributed by atoms with Gasteiger partial charge in [0.25, 0.3) is 0 Å². The highest BCUT2D eigenvalue weighted by molar-refractivity contribution is 6.68. The highest BCUT2D eigenvalue weighted by Gasteiger charge is 2.36. The standard InChI is InChI=1S/C11H13Cl3N2O2/c1-16(2)10(17)15-9(11(12,13)14)18-8-6-4-3-5-7-8/h3-7,9H,1-2H3,(H,15,17). The minimum absolute atomic E-state index is 0.415. The number of alkyl halides is 3. The molecule has 4 nitrogen and oxygen atoms in total. The van der Waals surface area contributed by atoms with E-state index in [1.165, 1.54) is 4.90 Å². The lowest BCUT2D eigenvalue weighted by Crippen LogP contribution is -2.50. The third-order valence-electron chi connectivity index (χ3n) is 1.96. The maximum atomic E-state index is 11.5. The van der Waals surface area contributed by atoms with Gasteiger partial charge in [0.1, 0.15) is 5.75 Å². The molecule has 0 aromatic heterocycles. The largest absolute Gasteiger partial charge is 0.466 e. The highest BCUT2D eigenvalue weighted by atomic mass is 35.6. The number of carbonyl (C=O) groups is 1. The van der Waals surface area contributed by atoms with E-state index in [-0.39, 0.29) is 0 Å². The zero-order chi connectivity index (χ0) is 13.8. The molecule has 0 spiro atoms. The number of nitrogens with zero attached hydrogens (tertiary/aromatic N) is 1. The Morgan fingerprint density at radius 3 is 2.28 bits per heavy atom. The first-order chi connectivity index (χ1) is 8.30. The Morgan fingerprint density at radius 2 is 1.83 bits per heavy atom. The number of ether oxygens (including phenoxy) is 1. The molecule has 1 rings (SSSR count). The number of hydrogen-bond acceptors (Lipinski definition) is 2. The lowest BCUT2D eigenvalue weighted by atomic mass is 10.3. The van der Waals surface area contributed by atoms with E-state index in [1.54, 1.807) is 38.4 Å². The number of benzene rings is 1. The fourth-order valence-electron chi connectivity index (χ4n) is 1.05. The highest BCUT2D eigenvalue weighted by Crippen LogP contribution is 2.31. The molecule has 0 bridgehead atoms. The van der Waals surface area contributed by atoms with Crippen molar-refractivity contribution < 1.29 is 9.53 Å². The number of para-hydroxylation sites is 1. The van der Waals surface area contributed by atoms with Crippen LogP contribution >= 0.6 is 34.8 Å². The average molecular weight is 312 g/mol. The molecule has 100 valence electrons. The van der Waals surface area contributed by atoms with Gasteiger partial charge in [0, 0.05) is 14.1 Å². The van der Waals surface area contributed by atoms with Crippen LogP contribution < -0.4 is 10.1 Å². The molecule has 0 aliphatic carbocycles. The van der Waals surface area contributed by atoms with Gasteiger partial charge in [-0.25, -0.2) is 4.79 Å². The van der Waals surface area contributed by atoms with Crippen LogP contribution in [0.15, 0.2) is 30.3 Å². The Kier molecular flexibility index (Phi) is 5.38. The summed E-state index contributed by atoms with van der Waals surface area (Å²) in [6.07, 6.45) is -1.08. The lowest BCUT2D eigenvalue weighted by Gasteiger charge is -2.27. The molecule has 0 aliphatic rings. The molecule has 7 heteroatoms. The maximum Gasteiger partial charge on any atom is 0.319 e. The van der Waals surface area contributed by atoms with Crippen molar-refractivity contribution >= 4 is 40.8 Å². The van der Waals surface area contributed by atoms with E-state index in [0.29, 0.717) is 5.75 Å². The monoisotopic (exact) mass is 310 g/mol. The van der Waals surface area contributed by atoms with Crippen molar-refractivity contribution in [1.82, 2.24) is 10.2 Å². The van der Waals surface area contributed by atoms with E-state index in [9.17, 15) is 4.79 Å². The smallest absolute Gasteiger partial charge is 0.319 e. The number of amides is 2. The summed E-state index contributed by atoms with van der Waals surface area (Å²) in [4.78, 5) is 12.9. The van der Waals surface area contributed by atoms with Crippen LogP contribution in [0.1, 0.15) is 0 Å². The normalized spacial score (nSPS) is 12.7. The minimum atomic E-state index is -1.78.